The Kier molecular flexibility index (Phi) is 49.0. The number of carbonyl (C=O) groups excluding carboxylic acids is 3. The summed E-state index contributed by atoms with van der Waals surface area (Å²) in [4.78, 5) is 39.7. The molecule has 5 nitrogen and oxygen atoms in total. The van der Waals surface area contributed by atoms with Gasteiger partial charge in [-0.15, -0.1) is 0 Å². The van der Waals surface area contributed by atoms with Crippen molar-refractivity contribution in [1.29, 1.82) is 0 Å². The van der Waals surface area contributed by atoms with E-state index in [0.29, 0.717) is 30.5 Å². The fourth-order valence-electron chi connectivity index (χ4n) is 10.2. The van der Waals surface area contributed by atoms with E-state index in [4.69, 9.17) is 9.47 Å². The summed E-state index contributed by atoms with van der Waals surface area (Å²) in [6, 6.07) is 0. The fourth-order valence-corrected chi connectivity index (χ4v) is 10.2. The molecule has 0 fully saturated rings. The first-order chi connectivity index (χ1) is 32.2. The third-order valence-corrected chi connectivity index (χ3v) is 14.6. The average Bonchev–Trinajstić information content (AvgIpc) is 3.30. The third kappa shape index (κ3) is 42.7. The van der Waals surface area contributed by atoms with Gasteiger partial charge < -0.3 is 9.47 Å². The van der Waals surface area contributed by atoms with Gasteiger partial charge in [-0.1, -0.05) is 235 Å². The Hall–Kier alpha value is -1.39. The first-order valence-electron chi connectivity index (χ1n) is 30.1. The van der Waals surface area contributed by atoms with E-state index < -0.39 is 0 Å². The fraction of sp³-hybridized carbons (Fsp3) is 0.951. The van der Waals surface area contributed by atoms with Gasteiger partial charge >= 0.3 is 11.9 Å². The van der Waals surface area contributed by atoms with Crippen molar-refractivity contribution in [3.8, 4) is 0 Å². The number of unbranched alkanes of at least 4 members (excludes halogenated alkanes) is 27. The monoisotopic (exact) mass is 931 g/mol. The molecule has 0 aliphatic rings. The summed E-state index contributed by atoms with van der Waals surface area (Å²) in [7, 11) is 0. The van der Waals surface area contributed by atoms with Crippen LogP contribution in [0.1, 0.15) is 344 Å². The zero-order chi connectivity index (χ0) is 48.6. The topological polar surface area (TPSA) is 69.7 Å². The molecule has 1 unspecified atom stereocenters. The summed E-state index contributed by atoms with van der Waals surface area (Å²) in [5, 5.41) is 0. The van der Waals surface area contributed by atoms with Gasteiger partial charge in [-0.2, -0.15) is 0 Å². The van der Waals surface area contributed by atoms with Gasteiger partial charge in [-0.3, -0.25) is 14.4 Å². The molecule has 0 aliphatic heterocycles. The highest BCUT2D eigenvalue weighted by Crippen LogP contribution is 2.32. The summed E-state index contributed by atoms with van der Waals surface area (Å²) in [6.45, 7) is 15.9. The van der Waals surface area contributed by atoms with Gasteiger partial charge in [0.2, 0.25) is 0 Å². The number of ether oxygens (including phenoxy) is 2. The van der Waals surface area contributed by atoms with Crippen molar-refractivity contribution in [2.75, 3.05) is 0 Å². The quantitative estimate of drug-likeness (QED) is 0.0449. The van der Waals surface area contributed by atoms with Crippen LogP contribution in [-0.4, -0.2) is 29.9 Å². The molecule has 392 valence electrons. The number of hydrogen-bond acceptors (Lipinski definition) is 5. The second-order valence-electron chi connectivity index (χ2n) is 21.6. The highest BCUT2D eigenvalue weighted by Gasteiger charge is 2.27. The number of hydrogen-bond donors (Lipinski definition) is 0. The van der Waals surface area contributed by atoms with Crippen LogP contribution in [0.25, 0.3) is 0 Å². The minimum absolute atomic E-state index is 0.0213. The first kappa shape index (κ1) is 64.6. The van der Waals surface area contributed by atoms with Crippen molar-refractivity contribution < 1.29 is 23.9 Å². The van der Waals surface area contributed by atoms with Crippen LogP contribution in [0.3, 0.4) is 0 Å². The van der Waals surface area contributed by atoms with Gasteiger partial charge in [0.15, 0.2) is 0 Å². The van der Waals surface area contributed by atoms with Gasteiger partial charge in [0.1, 0.15) is 18.0 Å². The number of Topliss-reactive ketones (excluding diaryl/α,β-unsaturated/α-hetero) is 1. The zero-order valence-corrected chi connectivity index (χ0v) is 46.0. The molecular weight excluding hydrogens is 813 g/mol. The Morgan fingerprint density at radius 2 is 0.591 bits per heavy atom. The second-order valence-corrected chi connectivity index (χ2v) is 21.6. The van der Waals surface area contributed by atoms with E-state index >= 15 is 0 Å². The van der Waals surface area contributed by atoms with Gasteiger partial charge in [0, 0.05) is 25.2 Å². The van der Waals surface area contributed by atoms with Crippen molar-refractivity contribution in [3.63, 3.8) is 0 Å². The summed E-state index contributed by atoms with van der Waals surface area (Å²) in [6.07, 6.45) is 52.9. The number of ketones is 1. The van der Waals surface area contributed by atoms with E-state index in [-0.39, 0.29) is 30.1 Å². The van der Waals surface area contributed by atoms with Crippen LogP contribution >= 0.6 is 0 Å². The predicted octanol–water partition coefficient (Wildman–Crippen LogP) is 20.3. The smallest absolute Gasteiger partial charge is 0.306 e. The summed E-state index contributed by atoms with van der Waals surface area (Å²) in [5.74, 6) is 2.01. The molecule has 0 saturated carbocycles. The molecule has 0 N–H and O–H groups in total. The summed E-state index contributed by atoms with van der Waals surface area (Å²) in [5.41, 5.74) is 0. The van der Waals surface area contributed by atoms with Crippen LogP contribution in [-0.2, 0) is 23.9 Å². The number of rotatable bonds is 53. The Morgan fingerprint density at radius 3 is 0.939 bits per heavy atom. The number of esters is 2. The maximum Gasteiger partial charge on any atom is 0.306 e. The SMILES string of the molecule is CCCCCCCCC(=O)C(CCCC(C)C)C(CCCCCCCCC(=O)OC(CCCCCC)CCCCCC)CCCCCCCCC(=O)OC(CCCCCC)CCCCCC. The van der Waals surface area contributed by atoms with E-state index in [2.05, 4.69) is 48.5 Å². The van der Waals surface area contributed by atoms with Crippen LogP contribution in [0.2, 0.25) is 0 Å². The van der Waals surface area contributed by atoms with Crippen molar-refractivity contribution in [3.05, 3.63) is 0 Å². The van der Waals surface area contributed by atoms with Gasteiger partial charge in [-0.05, 0) is 102 Å². The minimum Gasteiger partial charge on any atom is -0.462 e. The molecule has 0 aromatic carbocycles. The van der Waals surface area contributed by atoms with Crippen LogP contribution in [0.5, 0.6) is 0 Å². The molecule has 0 bridgehead atoms. The van der Waals surface area contributed by atoms with Gasteiger partial charge in [0.05, 0.1) is 0 Å². The number of carbonyl (C=O) groups is 3. The third-order valence-electron chi connectivity index (χ3n) is 14.6. The summed E-state index contributed by atoms with van der Waals surface area (Å²) >= 11 is 0. The van der Waals surface area contributed by atoms with E-state index in [1.807, 2.05) is 0 Å². The van der Waals surface area contributed by atoms with Gasteiger partial charge in [-0.25, -0.2) is 0 Å². The molecule has 0 radical (unpaired) electrons. The minimum atomic E-state index is 0.0213. The lowest BCUT2D eigenvalue weighted by Crippen LogP contribution is -2.24. The normalized spacial score (nSPS) is 12.3. The highest BCUT2D eigenvalue weighted by molar-refractivity contribution is 5.81. The maximum atomic E-state index is 14.0. The Bertz CT molecular complexity index is 957. The van der Waals surface area contributed by atoms with E-state index in [9.17, 15) is 14.4 Å². The lowest BCUT2D eigenvalue weighted by molar-refractivity contribution is -0.151. The molecule has 66 heavy (non-hydrogen) atoms. The molecule has 0 aliphatic carbocycles. The highest BCUT2D eigenvalue weighted by atomic mass is 16.5. The standard InChI is InChI=1S/C61H118O5/c1-8-13-18-23-30-39-51-59(62)58(50-42-43-54(6)7)55(44-33-28-24-26-31-40-52-60(63)65-56(46-35-19-14-9-2)47-36-20-15-10-3)45-34-29-25-27-32-41-53-61(64)66-57(48-37-21-16-11-4)49-38-22-17-12-5/h54-58H,8-53H2,1-7H3. The molecule has 0 aromatic rings. The largest absolute Gasteiger partial charge is 0.462 e. The maximum absolute atomic E-state index is 14.0. The lowest BCUT2D eigenvalue weighted by atomic mass is 9.77. The molecule has 0 amide bonds. The lowest BCUT2D eigenvalue weighted by Gasteiger charge is -2.27. The van der Waals surface area contributed by atoms with Crippen LogP contribution in [0.4, 0.5) is 0 Å². The van der Waals surface area contributed by atoms with E-state index in [1.165, 1.54) is 212 Å². The zero-order valence-electron chi connectivity index (χ0n) is 46.0. The molecule has 0 aromatic heterocycles. The Morgan fingerprint density at radius 1 is 0.303 bits per heavy atom. The van der Waals surface area contributed by atoms with E-state index in [1.54, 1.807) is 0 Å². The summed E-state index contributed by atoms with van der Waals surface area (Å²) < 4.78 is 12.1. The molecule has 0 rings (SSSR count). The molecule has 0 saturated heterocycles. The van der Waals surface area contributed by atoms with Gasteiger partial charge in [0.25, 0.3) is 0 Å². The Labute approximate surface area is 413 Å². The van der Waals surface area contributed by atoms with E-state index in [0.717, 1.165) is 70.6 Å². The molecule has 0 spiro atoms. The van der Waals surface area contributed by atoms with Crippen LogP contribution < -0.4 is 0 Å². The average molecular weight is 932 g/mol. The molecule has 1 atom stereocenters. The predicted molar refractivity (Wildman–Crippen MR) is 287 cm³/mol. The van der Waals surface area contributed by atoms with Crippen molar-refractivity contribution in [1.82, 2.24) is 0 Å². The van der Waals surface area contributed by atoms with Crippen LogP contribution in [0.15, 0.2) is 0 Å². The molecule has 0 heterocycles. The molecular formula is C61H118O5. The van der Waals surface area contributed by atoms with Crippen LogP contribution in [0, 0.1) is 17.8 Å². The van der Waals surface area contributed by atoms with Crippen molar-refractivity contribution in [2.24, 2.45) is 17.8 Å². The first-order valence-corrected chi connectivity index (χ1v) is 30.1. The van der Waals surface area contributed by atoms with Crippen molar-refractivity contribution >= 4 is 17.7 Å². The Balaban J connectivity index is 5.08. The second kappa shape index (κ2) is 50.0. The van der Waals surface area contributed by atoms with Crippen molar-refractivity contribution in [2.45, 2.75) is 356 Å². The molecule has 5 heteroatoms.